The highest BCUT2D eigenvalue weighted by atomic mass is 79.9. The Morgan fingerprint density at radius 3 is 1.43 bits per heavy atom. The minimum absolute atomic E-state index is 0.122. The first-order chi connectivity index (χ1) is 21.4. The maximum atomic E-state index is 12.8. The highest BCUT2D eigenvalue weighted by molar-refractivity contribution is 9.10. The zero-order valence-corrected chi connectivity index (χ0v) is 29.0. The number of carbonyl (C=O) groups excluding carboxylic acids is 2. The first-order valence-corrected chi connectivity index (χ1v) is 17.4. The molecule has 0 saturated heterocycles. The summed E-state index contributed by atoms with van der Waals surface area (Å²) in [6.45, 7) is 0. The Kier molecular flexibility index (Phi) is 13.7. The summed E-state index contributed by atoms with van der Waals surface area (Å²) in [6.07, 6.45) is -1.48. The van der Waals surface area contributed by atoms with Crippen molar-refractivity contribution in [3.63, 3.8) is 0 Å². The molecule has 4 aromatic rings. The lowest BCUT2D eigenvalue weighted by molar-refractivity contribution is -0.159. The van der Waals surface area contributed by atoms with E-state index in [1.165, 1.54) is 0 Å². The lowest BCUT2D eigenvalue weighted by Crippen LogP contribution is -2.35. The molecule has 2 aromatic carbocycles. The molecule has 12 heteroatoms. The van der Waals surface area contributed by atoms with E-state index in [1.807, 2.05) is 82.2 Å². The Bertz CT molecular complexity index is 1340. The van der Waals surface area contributed by atoms with Crippen molar-refractivity contribution in [3.05, 3.63) is 102 Å². The van der Waals surface area contributed by atoms with Gasteiger partial charge in [0.05, 0.1) is 21.8 Å². The molecule has 0 fully saturated rings. The van der Waals surface area contributed by atoms with E-state index in [9.17, 15) is 9.59 Å². The number of hydrogen-bond acceptors (Lipinski definition) is 10. The molecule has 2 N–H and O–H groups in total. The van der Waals surface area contributed by atoms with E-state index >= 15 is 0 Å². The number of ether oxygens (including phenoxy) is 4. The van der Waals surface area contributed by atoms with Gasteiger partial charge in [-0.15, -0.1) is 0 Å². The largest absolute Gasteiger partial charge is 0.484 e. The fourth-order valence-corrected chi connectivity index (χ4v) is 6.45. The number of benzene rings is 2. The summed E-state index contributed by atoms with van der Waals surface area (Å²) in [6, 6.07) is 19.2. The number of rotatable bonds is 17. The maximum Gasteiger partial charge on any atom is 0.307 e. The molecule has 0 amide bonds. The average Bonchev–Trinajstić information content (AvgIpc) is 3.76. The van der Waals surface area contributed by atoms with Gasteiger partial charge < -0.3 is 18.9 Å². The van der Waals surface area contributed by atoms with Crippen molar-refractivity contribution in [2.75, 3.05) is 14.1 Å². The van der Waals surface area contributed by atoms with E-state index in [0.29, 0.717) is 24.3 Å². The second-order valence-corrected chi connectivity index (χ2v) is 13.0. The predicted molar refractivity (Wildman–Crippen MR) is 180 cm³/mol. The van der Waals surface area contributed by atoms with E-state index < -0.39 is 24.4 Å². The molecule has 0 bridgehead atoms. The highest BCUT2D eigenvalue weighted by Crippen LogP contribution is 2.34. The molecular formula is C32H34Br2N2O6S2. The second-order valence-electron chi connectivity index (χ2n) is 9.69. The van der Waals surface area contributed by atoms with Crippen molar-refractivity contribution in [3.8, 4) is 11.5 Å². The van der Waals surface area contributed by atoms with Gasteiger partial charge in [0.15, 0.2) is 12.5 Å². The minimum Gasteiger partial charge on any atom is -0.484 e. The van der Waals surface area contributed by atoms with Crippen molar-refractivity contribution < 1.29 is 28.5 Å². The summed E-state index contributed by atoms with van der Waals surface area (Å²) in [5.74, 6) is 0.353. The van der Waals surface area contributed by atoms with Crippen molar-refractivity contribution in [2.24, 2.45) is 0 Å². The number of para-hydroxylation sites is 2. The smallest absolute Gasteiger partial charge is 0.307 e. The maximum absolute atomic E-state index is 12.8. The number of nitrogens with one attached hydrogen (secondary N) is 2. The molecule has 4 unspecified atom stereocenters. The number of hydrogen-bond donors (Lipinski definition) is 2. The third-order valence-electron chi connectivity index (χ3n) is 6.62. The summed E-state index contributed by atoms with van der Waals surface area (Å²) >= 11 is 10.2. The van der Waals surface area contributed by atoms with Crippen LogP contribution in [-0.4, -0.2) is 38.5 Å². The Labute approximate surface area is 282 Å². The molecule has 2 aromatic heterocycles. The molecule has 0 saturated carbocycles. The molecule has 44 heavy (non-hydrogen) atoms. The Morgan fingerprint density at radius 2 is 1.09 bits per heavy atom. The molecule has 0 radical (unpaired) electrons. The van der Waals surface area contributed by atoms with Crippen LogP contribution < -0.4 is 20.1 Å². The standard InChI is InChI=1S/C32H34Br2N2O6S2/c1-35-29(17-27(21-13-15-43-19-21)39-25-9-5-3-7-23(25)33)41-31(37)11-12-32(38)42-30(36-2)18-28(22-14-16-44-20-22)40-26-10-6-4-8-24(26)34/h3-10,13-16,19-20,27-30,35-36H,11-12,17-18H2,1-2H3. The zero-order chi connectivity index (χ0) is 31.3. The third-order valence-corrected chi connectivity index (χ3v) is 9.34. The van der Waals surface area contributed by atoms with Gasteiger partial charge in [0.2, 0.25) is 0 Å². The van der Waals surface area contributed by atoms with Crippen LogP contribution >= 0.6 is 54.5 Å². The van der Waals surface area contributed by atoms with Gasteiger partial charge in [0, 0.05) is 24.0 Å². The lowest BCUT2D eigenvalue weighted by atomic mass is 10.1. The van der Waals surface area contributed by atoms with Crippen molar-refractivity contribution in [2.45, 2.75) is 50.3 Å². The van der Waals surface area contributed by atoms with Crippen LogP contribution in [0.5, 0.6) is 11.5 Å². The molecular weight excluding hydrogens is 732 g/mol. The van der Waals surface area contributed by atoms with Gasteiger partial charge in [-0.1, -0.05) is 24.3 Å². The fraction of sp³-hybridized carbons (Fsp3) is 0.312. The molecule has 8 nitrogen and oxygen atoms in total. The minimum atomic E-state index is -0.628. The second kappa shape index (κ2) is 17.7. The SMILES string of the molecule is CNC(CC(Oc1ccccc1Br)c1ccsc1)OC(=O)CCC(=O)OC(CC(Oc1ccccc1Br)c1ccsc1)NC. The fourth-order valence-electron chi connectivity index (χ4n) is 4.29. The van der Waals surface area contributed by atoms with Crippen LogP contribution in [0.3, 0.4) is 0 Å². The number of esters is 2. The van der Waals surface area contributed by atoms with Gasteiger partial charge in [-0.25, -0.2) is 0 Å². The predicted octanol–water partition coefficient (Wildman–Crippen LogP) is 8.01. The van der Waals surface area contributed by atoms with Gasteiger partial charge in [-0.2, -0.15) is 22.7 Å². The van der Waals surface area contributed by atoms with Gasteiger partial charge in [-0.05, 0) is 104 Å². The Balaban J connectivity index is 1.29. The average molecular weight is 767 g/mol. The molecule has 0 aliphatic rings. The normalized spacial score (nSPS) is 13.8. The van der Waals surface area contributed by atoms with Crippen molar-refractivity contribution >= 4 is 66.5 Å². The molecule has 0 spiro atoms. The van der Waals surface area contributed by atoms with E-state index in [1.54, 1.807) is 36.8 Å². The van der Waals surface area contributed by atoms with Crippen LogP contribution in [0.1, 0.15) is 49.0 Å². The van der Waals surface area contributed by atoms with Crippen molar-refractivity contribution in [1.82, 2.24) is 10.6 Å². The van der Waals surface area contributed by atoms with Crippen LogP contribution in [0.2, 0.25) is 0 Å². The van der Waals surface area contributed by atoms with Gasteiger partial charge in [-0.3, -0.25) is 20.2 Å². The Morgan fingerprint density at radius 1 is 0.682 bits per heavy atom. The first-order valence-electron chi connectivity index (χ1n) is 14.0. The summed E-state index contributed by atoms with van der Waals surface area (Å²) in [7, 11) is 3.43. The Hall–Kier alpha value is -2.74. The van der Waals surface area contributed by atoms with Gasteiger partial charge in [0.25, 0.3) is 0 Å². The number of thiophene rings is 2. The van der Waals surface area contributed by atoms with Crippen LogP contribution in [0.4, 0.5) is 0 Å². The van der Waals surface area contributed by atoms with E-state index in [2.05, 4.69) is 42.5 Å². The van der Waals surface area contributed by atoms with Crippen LogP contribution in [0.25, 0.3) is 0 Å². The van der Waals surface area contributed by atoms with E-state index in [0.717, 1.165) is 20.1 Å². The zero-order valence-electron chi connectivity index (χ0n) is 24.2. The molecule has 2 heterocycles. The molecule has 4 rings (SSSR count). The quantitative estimate of drug-likeness (QED) is 0.0825. The molecule has 4 atom stereocenters. The molecule has 0 aliphatic heterocycles. The van der Waals surface area contributed by atoms with Crippen LogP contribution in [0, 0.1) is 0 Å². The third kappa shape index (κ3) is 10.4. The molecule has 0 aliphatic carbocycles. The number of halogens is 2. The summed E-state index contributed by atoms with van der Waals surface area (Å²) in [5, 5.41) is 14.1. The van der Waals surface area contributed by atoms with Gasteiger partial charge in [0.1, 0.15) is 23.7 Å². The number of carbonyl (C=O) groups is 2. The first kappa shape index (κ1) is 34.1. The van der Waals surface area contributed by atoms with E-state index in [-0.39, 0.29) is 25.0 Å². The van der Waals surface area contributed by atoms with Gasteiger partial charge >= 0.3 is 11.9 Å². The summed E-state index contributed by atoms with van der Waals surface area (Å²) < 4.78 is 25.6. The summed E-state index contributed by atoms with van der Waals surface area (Å²) in [5.41, 5.74) is 1.96. The highest BCUT2D eigenvalue weighted by Gasteiger charge is 2.25. The van der Waals surface area contributed by atoms with Crippen molar-refractivity contribution in [1.29, 1.82) is 0 Å². The molecule has 234 valence electrons. The summed E-state index contributed by atoms with van der Waals surface area (Å²) in [4.78, 5) is 25.5. The topological polar surface area (TPSA) is 95.1 Å². The van der Waals surface area contributed by atoms with Crippen LogP contribution in [0.15, 0.2) is 91.1 Å². The van der Waals surface area contributed by atoms with E-state index in [4.69, 9.17) is 18.9 Å². The van der Waals surface area contributed by atoms with Crippen LogP contribution in [-0.2, 0) is 19.1 Å². The monoisotopic (exact) mass is 764 g/mol. The lowest BCUT2D eigenvalue weighted by Gasteiger charge is -2.25.